The molecule has 1 heterocycles. The van der Waals surface area contributed by atoms with Crippen molar-refractivity contribution in [3.63, 3.8) is 0 Å². The lowest BCUT2D eigenvalue weighted by Crippen LogP contribution is -2.54. The lowest BCUT2D eigenvalue weighted by Gasteiger charge is -2.26. The van der Waals surface area contributed by atoms with Crippen LogP contribution in [-0.2, 0) is 14.4 Å². The van der Waals surface area contributed by atoms with Crippen LogP contribution in [0.5, 0.6) is 5.75 Å². The minimum absolute atomic E-state index is 0.226. The molecule has 4 amide bonds. The molecule has 0 saturated carbocycles. The summed E-state index contributed by atoms with van der Waals surface area (Å²) in [6.07, 6.45) is 1.32. The van der Waals surface area contributed by atoms with E-state index >= 15 is 0 Å². The first-order valence-corrected chi connectivity index (χ1v) is 8.28. The fourth-order valence-corrected chi connectivity index (χ4v) is 2.59. The fraction of sp³-hybridized carbons (Fsp3) is 0.100. The molecule has 8 nitrogen and oxygen atoms in total. The van der Waals surface area contributed by atoms with Crippen molar-refractivity contribution >= 4 is 35.6 Å². The van der Waals surface area contributed by atoms with Crippen LogP contribution in [0.1, 0.15) is 11.1 Å². The molecule has 0 spiro atoms. The first-order valence-electron chi connectivity index (χ1n) is 8.28. The maximum atomic E-state index is 12.8. The normalized spacial score (nSPS) is 15.5. The van der Waals surface area contributed by atoms with Crippen molar-refractivity contribution in [2.24, 2.45) is 0 Å². The van der Waals surface area contributed by atoms with Gasteiger partial charge in [0, 0.05) is 0 Å². The Morgan fingerprint density at radius 2 is 1.86 bits per heavy atom. The van der Waals surface area contributed by atoms with Crippen LogP contribution in [0, 0.1) is 6.92 Å². The molecule has 0 aliphatic carbocycles. The molecule has 0 atom stereocenters. The third-order valence-corrected chi connectivity index (χ3v) is 3.93. The van der Waals surface area contributed by atoms with E-state index in [1.807, 2.05) is 6.92 Å². The average molecular weight is 380 g/mol. The van der Waals surface area contributed by atoms with Crippen molar-refractivity contribution in [3.8, 4) is 5.75 Å². The molecule has 0 aromatic heterocycles. The number of urea groups is 1. The number of rotatable bonds is 5. The monoisotopic (exact) mass is 380 g/mol. The fourth-order valence-electron chi connectivity index (χ4n) is 2.59. The van der Waals surface area contributed by atoms with Gasteiger partial charge in [0.1, 0.15) is 11.3 Å². The number of carboxylic acid groups (broad SMARTS) is 1. The van der Waals surface area contributed by atoms with Gasteiger partial charge in [-0.15, -0.1) is 0 Å². The highest BCUT2D eigenvalue weighted by atomic mass is 16.5. The number of nitrogens with one attached hydrogen (secondary N) is 1. The summed E-state index contributed by atoms with van der Waals surface area (Å²) in [5.74, 6) is -2.42. The van der Waals surface area contributed by atoms with Crippen molar-refractivity contribution < 1.29 is 29.0 Å². The van der Waals surface area contributed by atoms with Gasteiger partial charge in [-0.2, -0.15) is 0 Å². The lowest BCUT2D eigenvalue weighted by molar-refractivity contribution is -0.139. The first-order chi connectivity index (χ1) is 13.3. The second-order valence-electron chi connectivity index (χ2n) is 6.05. The molecule has 0 radical (unpaired) electrons. The standard InChI is InChI=1S/C20H16N2O6/c1-12-5-7-14(8-6-12)22-19(26)16(18(25)21-20(22)27)10-13-3-2-4-15(9-13)28-11-17(23)24/h2-10H,11H2,1H3,(H,23,24)(H,21,25,27)/b16-10-. The van der Waals surface area contributed by atoms with Crippen LogP contribution in [0.25, 0.3) is 6.08 Å². The number of carboxylic acids is 1. The quantitative estimate of drug-likeness (QED) is 0.607. The Labute approximate surface area is 160 Å². The number of carbonyl (C=O) groups excluding carboxylic acids is 3. The molecule has 2 aromatic rings. The summed E-state index contributed by atoms with van der Waals surface area (Å²) in [5, 5.41) is 10.8. The van der Waals surface area contributed by atoms with Gasteiger partial charge in [-0.3, -0.25) is 14.9 Å². The Bertz CT molecular complexity index is 994. The number of aliphatic carboxylic acids is 1. The highest BCUT2D eigenvalue weighted by Crippen LogP contribution is 2.23. The molecule has 1 saturated heterocycles. The maximum Gasteiger partial charge on any atom is 0.341 e. The summed E-state index contributed by atoms with van der Waals surface area (Å²) in [6.45, 7) is 1.35. The van der Waals surface area contributed by atoms with Crippen molar-refractivity contribution in [2.75, 3.05) is 11.5 Å². The van der Waals surface area contributed by atoms with E-state index in [4.69, 9.17) is 9.84 Å². The van der Waals surface area contributed by atoms with Crippen molar-refractivity contribution in [3.05, 3.63) is 65.2 Å². The molecule has 142 valence electrons. The van der Waals surface area contributed by atoms with E-state index in [1.165, 1.54) is 12.1 Å². The number of amides is 4. The summed E-state index contributed by atoms with van der Waals surface area (Å²) in [4.78, 5) is 48.7. The van der Waals surface area contributed by atoms with Crippen LogP contribution in [0.2, 0.25) is 0 Å². The summed E-state index contributed by atoms with van der Waals surface area (Å²) in [5.41, 5.74) is 1.51. The molecule has 1 fully saturated rings. The molecular formula is C20H16N2O6. The van der Waals surface area contributed by atoms with E-state index in [-0.39, 0.29) is 11.3 Å². The van der Waals surface area contributed by atoms with E-state index in [2.05, 4.69) is 5.32 Å². The number of nitrogens with zero attached hydrogens (tertiary/aromatic N) is 1. The van der Waals surface area contributed by atoms with Crippen LogP contribution in [0.4, 0.5) is 10.5 Å². The third-order valence-electron chi connectivity index (χ3n) is 3.93. The average Bonchev–Trinajstić information content (AvgIpc) is 2.65. The van der Waals surface area contributed by atoms with Gasteiger partial charge < -0.3 is 9.84 Å². The van der Waals surface area contributed by atoms with Crippen LogP contribution in [0.15, 0.2) is 54.1 Å². The highest BCUT2D eigenvalue weighted by Gasteiger charge is 2.36. The summed E-state index contributed by atoms with van der Waals surface area (Å²) >= 11 is 0. The molecule has 1 aliphatic heterocycles. The zero-order valence-electron chi connectivity index (χ0n) is 14.8. The number of anilines is 1. The lowest BCUT2D eigenvalue weighted by atomic mass is 10.1. The molecule has 0 unspecified atom stereocenters. The molecule has 1 aliphatic rings. The zero-order valence-corrected chi connectivity index (χ0v) is 14.8. The van der Waals surface area contributed by atoms with Gasteiger partial charge in [-0.1, -0.05) is 29.8 Å². The Kier molecular flexibility index (Phi) is 5.21. The summed E-state index contributed by atoms with van der Waals surface area (Å²) in [7, 11) is 0. The summed E-state index contributed by atoms with van der Waals surface area (Å²) < 4.78 is 5.09. The Hall–Kier alpha value is -3.94. The predicted octanol–water partition coefficient (Wildman–Crippen LogP) is 2.12. The molecule has 0 bridgehead atoms. The molecular weight excluding hydrogens is 364 g/mol. The van der Waals surface area contributed by atoms with Crippen molar-refractivity contribution in [1.82, 2.24) is 5.32 Å². The van der Waals surface area contributed by atoms with Gasteiger partial charge in [0.15, 0.2) is 6.61 Å². The molecule has 8 heteroatoms. The second-order valence-corrected chi connectivity index (χ2v) is 6.05. The maximum absolute atomic E-state index is 12.8. The van der Waals surface area contributed by atoms with E-state index in [1.54, 1.807) is 42.5 Å². The SMILES string of the molecule is Cc1ccc(N2C(=O)NC(=O)/C(=C/c3cccc(OCC(=O)O)c3)C2=O)cc1. The number of imide groups is 2. The van der Waals surface area contributed by atoms with E-state index in [0.717, 1.165) is 10.5 Å². The van der Waals surface area contributed by atoms with Crippen molar-refractivity contribution in [1.29, 1.82) is 0 Å². The number of hydrogen-bond donors (Lipinski definition) is 2. The van der Waals surface area contributed by atoms with Gasteiger partial charge in [-0.05, 0) is 42.8 Å². The largest absolute Gasteiger partial charge is 0.482 e. The van der Waals surface area contributed by atoms with E-state index in [0.29, 0.717) is 11.3 Å². The molecule has 3 rings (SSSR count). The van der Waals surface area contributed by atoms with Crippen LogP contribution in [-0.4, -0.2) is 35.5 Å². The molecule has 2 aromatic carbocycles. The van der Waals surface area contributed by atoms with Crippen molar-refractivity contribution in [2.45, 2.75) is 6.92 Å². The van der Waals surface area contributed by atoms with E-state index in [9.17, 15) is 19.2 Å². The highest BCUT2D eigenvalue weighted by molar-refractivity contribution is 6.39. The van der Waals surface area contributed by atoms with Crippen LogP contribution >= 0.6 is 0 Å². The number of barbiturate groups is 1. The number of carbonyl (C=O) groups is 4. The first kappa shape index (κ1) is 18.8. The van der Waals surface area contributed by atoms with Gasteiger partial charge in [-0.25, -0.2) is 14.5 Å². The van der Waals surface area contributed by atoms with Gasteiger partial charge >= 0.3 is 12.0 Å². The third kappa shape index (κ3) is 4.07. The smallest absolute Gasteiger partial charge is 0.341 e. The topological polar surface area (TPSA) is 113 Å². The zero-order chi connectivity index (χ0) is 20.3. The van der Waals surface area contributed by atoms with Crippen LogP contribution < -0.4 is 15.0 Å². The minimum Gasteiger partial charge on any atom is -0.482 e. The Balaban J connectivity index is 1.92. The number of benzene rings is 2. The van der Waals surface area contributed by atoms with Gasteiger partial charge in [0.25, 0.3) is 11.8 Å². The Morgan fingerprint density at radius 1 is 1.14 bits per heavy atom. The van der Waals surface area contributed by atoms with E-state index < -0.39 is 30.4 Å². The van der Waals surface area contributed by atoms with Gasteiger partial charge in [0.05, 0.1) is 5.69 Å². The predicted molar refractivity (Wildman–Crippen MR) is 99.8 cm³/mol. The Morgan fingerprint density at radius 3 is 2.54 bits per heavy atom. The second kappa shape index (κ2) is 7.75. The van der Waals surface area contributed by atoms with Gasteiger partial charge in [0.2, 0.25) is 0 Å². The van der Waals surface area contributed by atoms with Crippen LogP contribution in [0.3, 0.4) is 0 Å². The molecule has 28 heavy (non-hydrogen) atoms. The number of aryl methyl sites for hydroxylation is 1. The number of ether oxygens (including phenoxy) is 1. The summed E-state index contributed by atoms with van der Waals surface area (Å²) in [6, 6.07) is 12.2. The molecule has 2 N–H and O–H groups in total. The number of hydrogen-bond acceptors (Lipinski definition) is 5. The minimum atomic E-state index is -1.13.